The Bertz CT molecular complexity index is 544. The molecule has 0 fully saturated rings. The van der Waals surface area contributed by atoms with E-state index in [1.165, 1.54) is 18.0 Å². The van der Waals surface area contributed by atoms with Gasteiger partial charge < -0.3 is 15.2 Å². The SMILES string of the molecule is CCc1ccc(Oc2nccnc2N)c(OC)c1. The fourth-order valence-electron chi connectivity index (χ4n) is 1.54. The van der Waals surface area contributed by atoms with E-state index >= 15 is 0 Å². The number of aryl methyl sites for hydroxylation is 1. The van der Waals surface area contributed by atoms with Crippen LogP contribution >= 0.6 is 0 Å². The van der Waals surface area contributed by atoms with Gasteiger partial charge in [0.15, 0.2) is 17.3 Å². The predicted molar refractivity (Wildman–Crippen MR) is 68.9 cm³/mol. The van der Waals surface area contributed by atoms with Gasteiger partial charge in [0.2, 0.25) is 0 Å². The van der Waals surface area contributed by atoms with Gasteiger partial charge in [-0.2, -0.15) is 0 Å². The van der Waals surface area contributed by atoms with Gasteiger partial charge in [0, 0.05) is 12.4 Å². The molecule has 0 aliphatic rings. The molecule has 0 saturated heterocycles. The van der Waals surface area contributed by atoms with E-state index in [1.54, 1.807) is 7.11 Å². The van der Waals surface area contributed by atoms with Crippen LogP contribution in [0.2, 0.25) is 0 Å². The maximum Gasteiger partial charge on any atom is 0.262 e. The Labute approximate surface area is 106 Å². The molecular weight excluding hydrogens is 230 g/mol. The van der Waals surface area contributed by atoms with E-state index in [-0.39, 0.29) is 11.7 Å². The van der Waals surface area contributed by atoms with Crippen LogP contribution in [0.1, 0.15) is 12.5 Å². The van der Waals surface area contributed by atoms with Crippen LogP contribution in [0.25, 0.3) is 0 Å². The standard InChI is InChI=1S/C13H15N3O2/c1-3-9-4-5-10(11(8-9)17-2)18-13-12(14)15-6-7-16-13/h4-8H,3H2,1-2H3,(H2,14,15). The van der Waals surface area contributed by atoms with Crippen molar-refractivity contribution < 1.29 is 9.47 Å². The quantitative estimate of drug-likeness (QED) is 0.895. The number of hydrogen-bond acceptors (Lipinski definition) is 5. The van der Waals surface area contributed by atoms with Crippen molar-refractivity contribution in [2.75, 3.05) is 12.8 Å². The average Bonchev–Trinajstić information content (AvgIpc) is 2.41. The van der Waals surface area contributed by atoms with Crippen molar-refractivity contribution in [2.24, 2.45) is 0 Å². The van der Waals surface area contributed by atoms with Crippen molar-refractivity contribution in [1.82, 2.24) is 9.97 Å². The first kappa shape index (κ1) is 12.2. The lowest BCUT2D eigenvalue weighted by Gasteiger charge is -2.11. The number of nitrogens with two attached hydrogens (primary N) is 1. The summed E-state index contributed by atoms with van der Waals surface area (Å²) in [6, 6.07) is 5.75. The molecule has 0 bridgehead atoms. The van der Waals surface area contributed by atoms with Gasteiger partial charge >= 0.3 is 0 Å². The number of aromatic nitrogens is 2. The second kappa shape index (κ2) is 5.35. The maximum absolute atomic E-state index is 5.68. The average molecular weight is 245 g/mol. The monoisotopic (exact) mass is 245 g/mol. The van der Waals surface area contributed by atoms with Crippen molar-refractivity contribution in [2.45, 2.75) is 13.3 Å². The number of anilines is 1. The van der Waals surface area contributed by atoms with Crippen molar-refractivity contribution in [1.29, 1.82) is 0 Å². The van der Waals surface area contributed by atoms with Crippen LogP contribution < -0.4 is 15.2 Å². The van der Waals surface area contributed by atoms with Crippen LogP contribution in [0.4, 0.5) is 5.82 Å². The fraction of sp³-hybridized carbons (Fsp3) is 0.231. The number of rotatable bonds is 4. The maximum atomic E-state index is 5.68. The van der Waals surface area contributed by atoms with Crippen molar-refractivity contribution in [3.8, 4) is 17.4 Å². The van der Waals surface area contributed by atoms with Crippen LogP contribution in [0, 0.1) is 0 Å². The molecule has 94 valence electrons. The van der Waals surface area contributed by atoms with Crippen LogP contribution in [0.3, 0.4) is 0 Å². The highest BCUT2D eigenvalue weighted by atomic mass is 16.5. The molecule has 18 heavy (non-hydrogen) atoms. The smallest absolute Gasteiger partial charge is 0.262 e. The molecular formula is C13H15N3O2. The summed E-state index contributed by atoms with van der Waals surface area (Å²) in [4.78, 5) is 7.94. The first-order chi connectivity index (χ1) is 8.74. The lowest BCUT2D eigenvalue weighted by Crippen LogP contribution is -1.98. The van der Waals surface area contributed by atoms with Gasteiger partial charge in [-0.15, -0.1) is 0 Å². The van der Waals surface area contributed by atoms with E-state index in [2.05, 4.69) is 16.9 Å². The minimum absolute atomic E-state index is 0.249. The Morgan fingerprint density at radius 1 is 1.17 bits per heavy atom. The minimum atomic E-state index is 0.249. The summed E-state index contributed by atoms with van der Waals surface area (Å²) in [5.41, 5.74) is 6.85. The number of ether oxygens (including phenoxy) is 2. The predicted octanol–water partition coefficient (Wildman–Crippen LogP) is 2.42. The number of nitrogens with zero attached hydrogens (tertiary/aromatic N) is 2. The number of hydrogen-bond donors (Lipinski definition) is 1. The molecule has 5 nitrogen and oxygen atoms in total. The lowest BCUT2D eigenvalue weighted by atomic mass is 10.1. The third-order valence-electron chi connectivity index (χ3n) is 2.53. The van der Waals surface area contributed by atoms with Gasteiger partial charge in [0.25, 0.3) is 5.88 Å². The second-order valence-corrected chi connectivity index (χ2v) is 3.69. The third kappa shape index (κ3) is 2.51. The lowest BCUT2D eigenvalue weighted by molar-refractivity contribution is 0.374. The Hall–Kier alpha value is -2.30. The summed E-state index contributed by atoms with van der Waals surface area (Å²) < 4.78 is 10.9. The highest BCUT2D eigenvalue weighted by Gasteiger charge is 2.09. The fourth-order valence-corrected chi connectivity index (χ4v) is 1.54. The van der Waals surface area contributed by atoms with Crippen molar-refractivity contribution >= 4 is 5.82 Å². The Morgan fingerprint density at radius 2 is 1.94 bits per heavy atom. The Kier molecular flexibility index (Phi) is 3.62. The van der Waals surface area contributed by atoms with E-state index in [0.29, 0.717) is 11.5 Å². The van der Waals surface area contributed by atoms with Gasteiger partial charge in [-0.05, 0) is 24.1 Å². The molecule has 0 aliphatic heterocycles. The summed E-state index contributed by atoms with van der Waals surface area (Å²) in [6.07, 6.45) is 3.97. The zero-order chi connectivity index (χ0) is 13.0. The molecule has 0 spiro atoms. The van der Waals surface area contributed by atoms with E-state index in [0.717, 1.165) is 6.42 Å². The van der Waals surface area contributed by atoms with E-state index in [4.69, 9.17) is 15.2 Å². The van der Waals surface area contributed by atoms with Gasteiger partial charge in [0.05, 0.1) is 7.11 Å². The Balaban J connectivity index is 2.32. The van der Waals surface area contributed by atoms with Crippen LogP contribution in [0.5, 0.6) is 17.4 Å². The zero-order valence-corrected chi connectivity index (χ0v) is 10.4. The summed E-state index contributed by atoms with van der Waals surface area (Å²) in [6.45, 7) is 2.08. The summed E-state index contributed by atoms with van der Waals surface area (Å²) in [5.74, 6) is 1.75. The van der Waals surface area contributed by atoms with Crippen molar-refractivity contribution in [3.05, 3.63) is 36.2 Å². The molecule has 0 radical (unpaired) electrons. The summed E-state index contributed by atoms with van der Waals surface area (Å²) >= 11 is 0. The number of benzene rings is 1. The van der Waals surface area contributed by atoms with Crippen LogP contribution in [-0.4, -0.2) is 17.1 Å². The highest BCUT2D eigenvalue weighted by Crippen LogP contribution is 2.32. The second-order valence-electron chi connectivity index (χ2n) is 3.69. The Morgan fingerprint density at radius 3 is 2.61 bits per heavy atom. The normalized spacial score (nSPS) is 10.1. The molecule has 0 amide bonds. The van der Waals surface area contributed by atoms with Gasteiger partial charge in [-0.3, -0.25) is 0 Å². The van der Waals surface area contributed by atoms with E-state index in [9.17, 15) is 0 Å². The summed E-state index contributed by atoms with van der Waals surface area (Å²) in [7, 11) is 1.60. The van der Waals surface area contributed by atoms with Gasteiger partial charge in [-0.25, -0.2) is 9.97 Å². The van der Waals surface area contributed by atoms with Crippen LogP contribution in [-0.2, 0) is 6.42 Å². The minimum Gasteiger partial charge on any atom is -0.493 e. The first-order valence-corrected chi connectivity index (χ1v) is 5.65. The molecule has 0 aliphatic carbocycles. The molecule has 0 atom stereocenters. The van der Waals surface area contributed by atoms with Crippen molar-refractivity contribution in [3.63, 3.8) is 0 Å². The first-order valence-electron chi connectivity index (χ1n) is 5.65. The molecule has 2 N–H and O–H groups in total. The van der Waals surface area contributed by atoms with Gasteiger partial charge in [0.1, 0.15) is 0 Å². The highest BCUT2D eigenvalue weighted by molar-refractivity contribution is 5.48. The van der Waals surface area contributed by atoms with E-state index < -0.39 is 0 Å². The molecule has 0 unspecified atom stereocenters. The molecule has 5 heteroatoms. The molecule has 1 heterocycles. The number of methoxy groups -OCH3 is 1. The molecule has 2 rings (SSSR count). The van der Waals surface area contributed by atoms with Crippen LogP contribution in [0.15, 0.2) is 30.6 Å². The zero-order valence-electron chi connectivity index (χ0n) is 10.4. The number of nitrogen functional groups attached to an aromatic ring is 1. The third-order valence-corrected chi connectivity index (χ3v) is 2.53. The molecule has 0 saturated carbocycles. The molecule has 1 aromatic heterocycles. The summed E-state index contributed by atoms with van der Waals surface area (Å²) in [5, 5.41) is 0. The van der Waals surface area contributed by atoms with Gasteiger partial charge in [-0.1, -0.05) is 13.0 Å². The topological polar surface area (TPSA) is 70.3 Å². The molecule has 2 aromatic rings. The van der Waals surface area contributed by atoms with E-state index in [1.807, 2.05) is 18.2 Å². The largest absolute Gasteiger partial charge is 0.493 e. The molecule has 1 aromatic carbocycles.